The van der Waals surface area contributed by atoms with Crippen LogP contribution in [0.15, 0.2) is 95.2 Å². The summed E-state index contributed by atoms with van der Waals surface area (Å²) in [5.74, 6) is 0.481. The highest BCUT2D eigenvalue weighted by Gasteiger charge is 2.32. The molecule has 2 rings (SSSR count). The van der Waals surface area contributed by atoms with E-state index in [4.69, 9.17) is 0 Å². The smallest absolute Gasteiger partial charge is 0.0142 e. The first-order valence-electron chi connectivity index (χ1n) is 8.18. The average Bonchev–Trinajstić information content (AvgIpc) is 2.81. The van der Waals surface area contributed by atoms with E-state index in [1.807, 2.05) is 12.2 Å². The molecule has 0 saturated heterocycles. The molecule has 0 radical (unpaired) electrons. The van der Waals surface area contributed by atoms with Gasteiger partial charge in [-0.05, 0) is 54.6 Å². The summed E-state index contributed by atoms with van der Waals surface area (Å²) in [5, 5.41) is 0. The van der Waals surface area contributed by atoms with Crippen LogP contribution < -0.4 is 0 Å². The zero-order valence-corrected chi connectivity index (χ0v) is 14.0. The van der Waals surface area contributed by atoms with Crippen LogP contribution in [0.3, 0.4) is 0 Å². The van der Waals surface area contributed by atoms with E-state index in [1.165, 1.54) is 27.9 Å². The number of hydrogen-bond acceptors (Lipinski definition) is 0. The van der Waals surface area contributed by atoms with Gasteiger partial charge in [-0.2, -0.15) is 0 Å². The average molecular weight is 290 g/mol. The minimum Gasteiger partial charge on any atom is -0.0991 e. The van der Waals surface area contributed by atoms with Crippen molar-refractivity contribution in [1.82, 2.24) is 0 Å². The van der Waals surface area contributed by atoms with Gasteiger partial charge in [-0.3, -0.25) is 0 Å². The first-order chi connectivity index (χ1) is 10.8. The summed E-state index contributed by atoms with van der Waals surface area (Å²) in [4.78, 5) is 0. The highest BCUT2D eigenvalue weighted by atomic mass is 14.4. The Morgan fingerprint density at radius 1 is 1.14 bits per heavy atom. The highest BCUT2D eigenvalue weighted by molar-refractivity contribution is 5.69. The van der Waals surface area contributed by atoms with E-state index in [-0.39, 0.29) is 0 Å². The van der Waals surface area contributed by atoms with E-state index < -0.39 is 0 Å². The van der Waals surface area contributed by atoms with Crippen LogP contribution in [0.2, 0.25) is 0 Å². The summed E-state index contributed by atoms with van der Waals surface area (Å²) in [6.45, 7) is 10.2. The lowest BCUT2D eigenvalue weighted by atomic mass is 9.82. The standard InChI is InChI=1S/C22H26/c1-5-9-15-20-18(12-7-3)19(13-8-4)21-16-10-14-17(11-6-2)22(20)21/h5,7-15,21H,1,6,16H2,2-4H3/b12-7-,13-8-,15-9-,17-11-. The third-order valence-electron chi connectivity index (χ3n) is 4.10. The minimum atomic E-state index is 0.481. The van der Waals surface area contributed by atoms with Crippen molar-refractivity contribution in [2.45, 2.75) is 33.6 Å². The maximum atomic E-state index is 3.82. The highest BCUT2D eigenvalue weighted by Crippen LogP contribution is 2.47. The van der Waals surface area contributed by atoms with Gasteiger partial charge < -0.3 is 0 Å². The Balaban J connectivity index is 2.69. The molecule has 0 amide bonds. The Morgan fingerprint density at radius 3 is 2.55 bits per heavy atom. The molecule has 114 valence electrons. The van der Waals surface area contributed by atoms with E-state index in [9.17, 15) is 0 Å². The van der Waals surface area contributed by atoms with Gasteiger partial charge in [0.2, 0.25) is 0 Å². The molecule has 0 aromatic carbocycles. The molecule has 0 aromatic rings. The van der Waals surface area contributed by atoms with Crippen LogP contribution in [0.25, 0.3) is 0 Å². The molecule has 0 spiro atoms. The summed E-state index contributed by atoms with van der Waals surface area (Å²) in [6.07, 6.45) is 24.0. The van der Waals surface area contributed by atoms with Gasteiger partial charge in [-0.15, -0.1) is 0 Å². The number of fused-ring (bicyclic) bond motifs is 1. The Morgan fingerprint density at radius 2 is 1.91 bits per heavy atom. The molecule has 22 heavy (non-hydrogen) atoms. The predicted octanol–water partition coefficient (Wildman–Crippen LogP) is 6.40. The lowest BCUT2D eigenvalue weighted by Gasteiger charge is -2.22. The van der Waals surface area contributed by atoms with Gasteiger partial charge in [-0.1, -0.05) is 74.3 Å². The molecule has 0 nitrogen and oxygen atoms in total. The summed E-state index contributed by atoms with van der Waals surface area (Å²) < 4.78 is 0. The minimum absolute atomic E-state index is 0.481. The van der Waals surface area contributed by atoms with Crippen LogP contribution in [0.5, 0.6) is 0 Å². The van der Waals surface area contributed by atoms with Crippen molar-refractivity contribution < 1.29 is 0 Å². The molecule has 1 atom stereocenters. The topological polar surface area (TPSA) is 0 Å². The van der Waals surface area contributed by atoms with E-state index in [2.05, 4.69) is 76.0 Å². The van der Waals surface area contributed by atoms with Crippen molar-refractivity contribution in [2.75, 3.05) is 0 Å². The van der Waals surface area contributed by atoms with Crippen LogP contribution in [0.1, 0.15) is 33.6 Å². The first kappa shape index (κ1) is 16.3. The molecule has 0 aliphatic heterocycles. The van der Waals surface area contributed by atoms with Crippen LogP contribution >= 0.6 is 0 Å². The van der Waals surface area contributed by atoms with Crippen LogP contribution in [0.4, 0.5) is 0 Å². The van der Waals surface area contributed by atoms with Crippen LogP contribution in [0, 0.1) is 5.92 Å². The zero-order chi connectivity index (χ0) is 15.9. The maximum absolute atomic E-state index is 3.82. The lowest BCUT2D eigenvalue weighted by Crippen LogP contribution is -2.08. The molecule has 2 aliphatic rings. The van der Waals surface area contributed by atoms with Crippen molar-refractivity contribution in [1.29, 1.82) is 0 Å². The normalized spacial score (nSPS) is 23.8. The Labute approximate surface area is 135 Å². The SMILES string of the molecule is C=C/C=C\C1=C2C(=C\CC)/C=CCC2C(/C=C\C)=C1/C=C\C. The van der Waals surface area contributed by atoms with Gasteiger partial charge in [0, 0.05) is 5.92 Å². The second-order valence-electron chi connectivity index (χ2n) is 5.55. The molecule has 0 heteroatoms. The molecule has 1 unspecified atom stereocenters. The molecule has 0 fully saturated rings. The predicted molar refractivity (Wildman–Crippen MR) is 98.6 cm³/mol. The molecule has 0 saturated carbocycles. The molecular formula is C22H26. The quantitative estimate of drug-likeness (QED) is 0.514. The molecular weight excluding hydrogens is 264 g/mol. The third-order valence-corrected chi connectivity index (χ3v) is 4.10. The fourth-order valence-corrected chi connectivity index (χ4v) is 3.33. The van der Waals surface area contributed by atoms with Gasteiger partial charge in [0.15, 0.2) is 0 Å². The van der Waals surface area contributed by atoms with Crippen molar-refractivity contribution in [2.24, 2.45) is 5.92 Å². The summed E-state index contributed by atoms with van der Waals surface area (Å²) in [6, 6.07) is 0. The second-order valence-corrected chi connectivity index (χ2v) is 5.55. The van der Waals surface area contributed by atoms with Crippen molar-refractivity contribution >= 4 is 0 Å². The summed E-state index contributed by atoms with van der Waals surface area (Å²) in [5.41, 5.74) is 6.99. The first-order valence-corrected chi connectivity index (χ1v) is 8.18. The molecule has 2 aliphatic carbocycles. The Kier molecular flexibility index (Phi) is 5.77. The van der Waals surface area contributed by atoms with Crippen molar-refractivity contribution in [3.63, 3.8) is 0 Å². The maximum Gasteiger partial charge on any atom is 0.0142 e. The van der Waals surface area contributed by atoms with Gasteiger partial charge in [0.1, 0.15) is 0 Å². The van der Waals surface area contributed by atoms with Gasteiger partial charge >= 0.3 is 0 Å². The Bertz CT molecular complexity index is 640. The number of rotatable bonds is 5. The summed E-state index contributed by atoms with van der Waals surface area (Å²) in [7, 11) is 0. The van der Waals surface area contributed by atoms with Crippen molar-refractivity contribution in [3.8, 4) is 0 Å². The molecule has 0 heterocycles. The Hall–Kier alpha value is -2.08. The fourth-order valence-electron chi connectivity index (χ4n) is 3.33. The third kappa shape index (κ3) is 3.06. The van der Waals surface area contributed by atoms with Crippen LogP contribution in [-0.2, 0) is 0 Å². The number of allylic oxidation sites excluding steroid dienone is 15. The zero-order valence-electron chi connectivity index (χ0n) is 14.0. The van der Waals surface area contributed by atoms with Crippen molar-refractivity contribution in [3.05, 3.63) is 95.2 Å². The number of hydrogen-bond donors (Lipinski definition) is 0. The summed E-state index contributed by atoms with van der Waals surface area (Å²) >= 11 is 0. The molecule has 0 N–H and O–H groups in total. The van der Waals surface area contributed by atoms with E-state index in [1.54, 1.807) is 0 Å². The van der Waals surface area contributed by atoms with Gasteiger partial charge in [0.05, 0.1) is 0 Å². The fraction of sp³-hybridized carbons (Fsp3) is 0.273. The largest absolute Gasteiger partial charge is 0.0991 e. The monoisotopic (exact) mass is 290 g/mol. The van der Waals surface area contributed by atoms with Gasteiger partial charge in [0.25, 0.3) is 0 Å². The van der Waals surface area contributed by atoms with E-state index in [0.717, 1.165) is 12.8 Å². The van der Waals surface area contributed by atoms with E-state index in [0.29, 0.717) is 5.92 Å². The van der Waals surface area contributed by atoms with E-state index >= 15 is 0 Å². The van der Waals surface area contributed by atoms with Gasteiger partial charge in [-0.25, -0.2) is 0 Å². The molecule has 0 aromatic heterocycles. The second kappa shape index (κ2) is 7.79. The lowest BCUT2D eigenvalue weighted by molar-refractivity contribution is 0.750. The van der Waals surface area contributed by atoms with Crippen LogP contribution in [-0.4, -0.2) is 0 Å². The molecule has 0 bridgehead atoms.